The van der Waals surface area contributed by atoms with Crippen LogP contribution in [-0.2, 0) is 5.75 Å². The Morgan fingerprint density at radius 1 is 0.912 bits per heavy atom. The molecule has 2 heterocycles. The lowest BCUT2D eigenvalue weighted by molar-refractivity contribution is 1.16. The summed E-state index contributed by atoms with van der Waals surface area (Å²) in [4.78, 5) is 25.5. The zero-order chi connectivity index (χ0) is 23.5. The van der Waals surface area contributed by atoms with Crippen molar-refractivity contribution in [2.75, 3.05) is 5.32 Å². The molecular weight excluding hydrogens is 487 g/mol. The van der Waals surface area contributed by atoms with Crippen molar-refractivity contribution < 1.29 is 0 Å². The molecule has 0 saturated heterocycles. The third kappa shape index (κ3) is 5.09. The summed E-state index contributed by atoms with van der Waals surface area (Å²) >= 11 is 13.7. The number of benzene rings is 3. The number of H-pyrrole nitrogens is 1. The normalized spacial score (nSPS) is 11.0. The van der Waals surface area contributed by atoms with Crippen LogP contribution in [-0.4, -0.2) is 15.0 Å². The number of nitrogens with zero attached hydrogens (tertiary/aromatic N) is 2. The molecule has 3 aromatic carbocycles. The lowest BCUT2D eigenvalue weighted by atomic mass is 10.1. The Kier molecular flexibility index (Phi) is 6.54. The summed E-state index contributed by atoms with van der Waals surface area (Å²) in [6.07, 6.45) is 1.72. The summed E-state index contributed by atoms with van der Waals surface area (Å²) in [5.74, 6) is 0.987. The molecule has 0 saturated carbocycles. The van der Waals surface area contributed by atoms with E-state index in [1.165, 1.54) is 0 Å². The second-order valence-corrected chi connectivity index (χ2v) is 9.43. The molecule has 5 aromatic rings. The zero-order valence-electron chi connectivity index (χ0n) is 17.8. The molecule has 0 aliphatic rings. The average Bonchev–Trinajstić information content (AvgIpc) is 2.84. The minimum atomic E-state index is -0.105. The highest BCUT2D eigenvalue weighted by Crippen LogP contribution is 2.31. The molecule has 0 radical (unpaired) electrons. The number of rotatable bonds is 6. The highest BCUT2D eigenvalue weighted by Gasteiger charge is 2.09. The maximum Gasteiger partial charge on any atom is 0.252 e. The minimum Gasteiger partial charge on any atom is -0.323 e. The average molecular weight is 505 g/mol. The van der Waals surface area contributed by atoms with Crippen LogP contribution in [0.4, 0.5) is 11.6 Å². The van der Waals surface area contributed by atoms with Crippen molar-refractivity contribution in [2.45, 2.75) is 10.6 Å². The Bertz CT molecular complexity index is 1540. The number of hydrogen-bond acceptors (Lipinski definition) is 5. The highest BCUT2D eigenvalue weighted by molar-refractivity contribution is 7.98. The molecule has 2 aromatic heterocycles. The zero-order valence-corrected chi connectivity index (χ0v) is 20.1. The maximum atomic E-state index is 12.6. The van der Waals surface area contributed by atoms with E-state index in [1.54, 1.807) is 24.0 Å². The summed E-state index contributed by atoms with van der Waals surface area (Å²) in [7, 11) is 0. The van der Waals surface area contributed by atoms with E-state index in [0.29, 0.717) is 27.3 Å². The van der Waals surface area contributed by atoms with Gasteiger partial charge in [-0.15, -0.1) is 11.8 Å². The molecular formula is C26H18Cl2N4OS. The maximum absolute atomic E-state index is 12.6. The Hall–Kier alpha value is -3.32. The second kappa shape index (κ2) is 9.89. The van der Waals surface area contributed by atoms with Crippen LogP contribution in [0, 0.1) is 0 Å². The van der Waals surface area contributed by atoms with Gasteiger partial charge in [0.05, 0.1) is 11.4 Å². The van der Waals surface area contributed by atoms with Crippen molar-refractivity contribution in [1.82, 2.24) is 15.0 Å². The number of anilines is 2. The lowest BCUT2D eigenvalue weighted by Crippen LogP contribution is -2.11. The quantitative estimate of drug-likeness (QED) is 0.237. The number of halogens is 2. The van der Waals surface area contributed by atoms with Crippen LogP contribution in [0.5, 0.6) is 0 Å². The van der Waals surface area contributed by atoms with Crippen molar-refractivity contribution in [3.05, 3.63) is 111 Å². The van der Waals surface area contributed by atoms with Gasteiger partial charge in [0, 0.05) is 43.5 Å². The number of thioether (sulfide) groups is 1. The summed E-state index contributed by atoms with van der Waals surface area (Å²) in [5, 5.41) is 5.52. The van der Waals surface area contributed by atoms with Gasteiger partial charge in [0.1, 0.15) is 0 Å². The molecule has 0 amide bonds. The minimum absolute atomic E-state index is 0.105. The molecule has 0 unspecified atom stereocenters. The standard InChI is InChI=1S/C26H18Cl2N4OS/c27-19-7-5-16(6-8-19)22-11-12-29-26(31-22)32-23-3-1-2-4-24(23)34-15-18-13-17-14-20(28)9-10-21(17)30-25(18)33/h1-14H,15H2,(H,30,33)(H,29,31,32). The first-order valence-electron chi connectivity index (χ1n) is 10.4. The van der Waals surface area contributed by atoms with Crippen molar-refractivity contribution in [3.8, 4) is 11.3 Å². The van der Waals surface area contributed by atoms with E-state index in [4.69, 9.17) is 23.2 Å². The van der Waals surface area contributed by atoms with E-state index in [2.05, 4.69) is 20.3 Å². The van der Waals surface area contributed by atoms with E-state index >= 15 is 0 Å². The molecule has 0 aliphatic carbocycles. The van der Waals surface area contributed by atoms with Crippen LogP contribution in [0.15, 0.2) is 94.7 Å². The number of aromatic amines is 1. The van der Waals surface area contributed by atoms with Gasteiger partial charge >= 0.3 is 0 Å². The Morgan fingerprint density at radius 3 is 2.56 bits per heavy atom. The molecule has 168 valence electrons. The predicted octanol–water partition coefficient (Wildman–Crippen LogP) is 7.33. The van der Waals surface area contributed by atoms with Gasteiger partial charge in [-0.05, 0) is 60.0 Å². The van der Waals surface area contributed by atoms with Crippen molar-refractivity contribution >= 4 is 57.5 Å². The highest BCUT2D eigenvalue weighted by atomic mass is 35.5. The molecule has 0 bridgehead atoms. The molecule has 0 aliphatic heterocycles. The van der Waals surface area contributed by atoms with Gasteiger partial charge in [0.15, 0.2) is 0 Å². The Labute approximate surface area is 210 Å². The lowest BCUT2D eigenvalue weighted by Gasteiger charge is -2.11. The largest absolute Gasteiger partial charge is 0.323 e. The number of nitrogens with one attached hydrogen (secondary N) is 2. The van der Waals surface area contributed by atoms with Gasteiger partial charge in [-0.25, -0.2) is 9.97 Å². The van der Waals surface area contributed by atoms with Crippen molar-refractivity contribution in [2.24, 2.45) is 0 Å². The van der Waals surface area contributed by atoms with Gasteiger partial charge in [-0.2, -0.15) is 0 Å². The third-order valence-electron chi connectivity index (χ3n) is 5.20. The molecule has 0 spiro atoms. The Balaban J connectivity index is 1.37. The molecule has 0 fully saturated rings. The second-order valence-electron chi connectivity index (χ2n) is 7.54. The molecule has 34 heavy (non-hydrogen) atoms. The van der Waals surface area contributed by atoms with Crippen molar-refractivity contribution in [1.29, 1.82) is 0 Å². The fourth-order valence-corrected chi connectivity index (χ4v) is 4.78. The van der Waals surface area contributed by atoms with Gasteiger partial charge in [0.2, 0.25) is 5.95 Å². The number of pyridine rings is 1. The molecule has 5 rings (SSSR count). The monoisotopic (exact) mass is 504 g/mol. The van der Waals surface area contributed by atoms with Crippen LogP contribution in [0.3, 0.4) is 0 Å². The Morgan fingerprint density at radius 2 is 1.71 bits per heavy atom. The van der Waals surface area contributed by atoms with Gasteiger partial charge in [0.25, 0.3) is 5.56 Å². The molecule has 2 N–H and O–H groups in total. The van der Waals surface area contributed by atoms with E-state index in [-0.39, 0.29) is 5.56 Å². The fourth-order valence-electron chi connectivity index (χ4n) is 3.50. The number of fused-ring (bicyclic) bond motifs is 1. The van der Waals surface area contributed by atoms with Crippen molar-refractivity contribution in [3.63, 3.8) is 0 Å². The summed E-state index contributed by atoms with van der Waals surface area (Å²) in [6.45, 7) is 0. The number of aromatic nitrogens is 3. The van der Waals surface area contributed by atoms with Crippen LogP contribution in [0.2, 0.25) is 10.0 Å². The predicted molar refractivity (Wildman–Crippen MR) is 141 cm³/mol. The smallest absolute Gasteiger partial charge is 0.252 e. The SMILES string of the molecule is O=c1[nH]c2ccc(Cl)cc2cc1CSc1ccccc1Nc1nccc(-c2ccc(Cl)cc2)n1. The van der Waals surface area contributed by atoms with E-state index in [0.717, 1.165) is 32.7 Å². The van der Waals surface area contributed by atoms with E-state index in [1.807, 2.05) is 72.8 Å². The first kappa shape index (κ1) is 22.5. The first-order valence-corrected chi connectivity index (χ1v) is 12.2. The summed E-state index contributed by atoms with van der Waals surface area (Å²) < 4.78 is 0. The summed E-state index contributed by atoms with van der Waals surface area (Å²) in [5.41, 5.74) is 3.94. The first-order chi connectivity index (χ1) is 16.5. The van der Waals surface area contributed by atoms with E-state index in [9.17, 15) is 4.79 Å². The molecule has 8 heteroatoms. The number of para-hydroxylation sites is 1. The third-order valence-corrected chi connectivity index (χ3v) is 6.80. The van der Waals surface area contributed by atoms with Gasteiger partial charge < -0.3 is 10.3 Å². The summed E-state index contributed by atoms with van der Waals surface area (Å²) in [6, 6.07) is 24.6. The van der Waals surface area contributed by atoms with Gasteiger partial charge in [-0.1, -0.05) is 47.5 Å². The fraction of sp³-hybridized carbons (Fsp3) is 0.0385. The molecule has 5 nitrogen and oxygen atoms in total. The molecule has 0 atom stereocenters. The van der Waals surface area contributed by atoms with E-state index < -0.39 is 0 Å². The topological polar surface area (TPSA) is 70.7 Å². The van der Waals surface area contributed by atoms with Crippen LogP contribution in [0.25, 0.3) is 22.2 Å². The van der Waals surface area contributed by atoms with Crippen LogP contribution < -0.4 is 10.9 Å². The van der Waals surface area contributed by atoms with Crippen LogP contribution in [0.1, 0.15) is 5.56 Å². The van der Waals surface area contributed by atoms with Crippen LogP contribution >= 0.6 is 35.0 Å². The number of hydrogen-bond donors (Lipinski definition) is 2. The van der Waals surface area contributed by atoms with Gasteiger partial charge in [-0.3, -0.25) is 4.79 Å².